The molecule has 3 aromatic carbocycles. The van der Waals surface area contributed by atoms with Crippen LogP contribution in [0.5, 0.6) is 0 Å². The Bertz CT molecular complexity index is 1190. The molecule has 0 radical (unpaired) electrons. The molecule has 0 N–H and O–H groups in total. The highest BCUT2D eigenvalue weighted by Crippen LogP contribution is 2.42. The number of alkyl halides is 3. The van der Waals surface area contributed by atoms with E-state index in [1.165, 1.54) is 0 Å². The van der Waals surface area contributed by atoms with Crippen LogP contribution in [0.4, 0.5) is 30.7 Å². The zero-order valence-electron chi connectivity index (χ0n) is 17.9. The van der Waals surface area contributed by atoms with Crippen LogP contribution in [0.1, 0.15) is 48.4 Å². The first-order valence-electron chi connectivity index (χ1n) is 10.8. The van der Waals surface area contributed by atoms with Crippen molar-refractivity contribution in [1.82, 2.24) is 0 Å². The Kier molecular flexibility index (Phi) is 6.25. The van der Waals surface area contributed by atoms with Gasteiger partial charge in [-0.15, -0.1) is 0 Å². The minimum absolute atomic E-state index is 0.179. The van der Waals surface area contributed by atoms with E-state index >= 15 is 4.39 Å². The van der Waals surface area contributed by atoms with Crippen molar-refractivity contribution in [3.05, 3.63) is 81.9 Å². The first-order chi connectivity index (χ1) is 15.6. The molecule has 0 nitrogen and oxygen atoms in total. The number of halogens is 7. The summed E-state index contributed by atoms with van der Waals surface area (Å²) in [6.07, 6.45) is -0.332. The van der Waals surface area contributed by atoms with Crippen molar-refractivity contribution < 1.29 is 30.7 Å². The second-order valence-electron chi connectivity index (χ2n) is 8.33. The maximum absolute atomic E-state index is 15.4. The largest absolute Gasteiger partial charge is 0.422 e. The van der Waals surface area contributed by atoms with Crippen molar-refractivity contribution in [3.63, 3.8) is 0 Å². The monoisotopic (exact) mass is 466 g/mol. The Morgan fingerprint density at radius 1 is 0.788 bits per heavy atom. The Hall–Kier alpha value is -2.83. The van der Waals surface area contributed by atoms with Gasteiger partial charge in [0.15, 0.2) is 0 Å². The van der Waals surface area contributed by atoms with E-state index in [4.69, 9.17) is 0 Å². The number of rotatable bonds is 5. The van der Waals surface area contributed by atoms with Crippen LogP contribution in [0.15, 0.2) is 36.4 Å². The second kappa shape index (κ2) is 8.84. The Morgan fingerprint density at radius 3 is 2.12 bits per heavy atom. The molecule has 3 aromatic rings. The lowest BCUT2D eigenvalue weighted by atomic mass is 9.82. The lowest BCUT2D eigenvalue weighted by Gasteiger charge is -2.23. The Morgan fingerprint density at radius 2 is 1.48 bits per heavy atom. The number of aryl methyl sites for hydroxylation is 2. The number of benzene rings is 3. The zero-order chi connectivity index (χ0) is 23.9. The van der Waals surface area contributed by atoms with Gasteiger partial charge in [-0.1, -0.05) is 38.0 Å². The predicted molar refractivity (Wildman–Crippen MR) is 113 cm³/mol. The third-order valence-corrected chi connectivity index (χ3v) is 6.11. The van der Waals surface area contributed by atoms with Crippen molar-refractivity contribution in [3.8, 4) is 22.3 Å². The molecule has 0 fully saturated rings. The van der Waals surface area contributed by atoms with Gasteiger partial charge < -0.3 is 0 Å². The van der Waals surface area contributed by atoms with Gasteiger partial charge in [0.2, 0.25) is 0 Å². The molecule has 33 heavy (non-hydrogen) atoms. The molecule has 7 heteroatoms. The topological polar surface area (TPSA) is 0 Å². The van der Waals surface area contributed by atoms with Crippen molar-refractivity contribution in [2.24, 2.45) is 0 Å². The standard InChI is InChI=1S/C26H21F7/c1-2-3-4-5-14-6-8-17-15(10-14)7-9-18-19(17)13-20(27)23(25(18)30)16-11-21(28)24(22(29)12-16)26(31,32)33/h6,8,10-13H,2-5,7,9H2,1H3. The first-order valence-corrected chi connectivity index (χ1v) is 10.8. The van der Waals surface area contributed by atoms with Gasteiger partial charge in [-0.3, -0.25) is 0 Å². The molecule has 4 rings (SSSR count). The summed E-state index contributed by atoms with van der Waals surface area (Å²) in [5.41, 5.74) is -0.110. The van der Waals surface area contributed by atoms with Crippen molar-refractivity contribution in [2.75, 3.05) is 0 Å². The fourth-order valence-corrected chi connectivity index (χ4v) is 4.51. The molecule has 0 heterocycles. The summed E-state index contributed by atoms with van der Waals surface area (Å²) in [5, 5.41) is 0. The smallest absolute Gasteiger partial charge is 0.206 e. The van der Waals surface area contributed by atoms with Crippen LogP contribution in [0.2, 0.25) is 0 Å². The molecule has 0 saturated carbocycles. The fraction of sp³-hybridized carbons (Fsp3) is 0.308. The summed E-state index contributed by atoms with van der Waals surface area (Å²) in [4.78, 5) is 0. The van der Waals surface area contributed by atoms with Gasteiger partial charge in [0.25, 0.3) is 0 Å². The quantitative estimate of drug-likeness (QED) is 0.262. The van der Waals surface area contributed by atoms with E-state index < -0.39 is 46.1 Å². The van der Waals surface area contributed by atoms with Crippen molar-refractivity contribution in [2.45, 2.75) is 51.6 Å². The molecular formula is C26H21F7. The lowest BCUT2D eigenvalue weighted by molar-refractivity contribution is -0.142. The van der Waals surface area contributed by atoms with Gasteiger partial charge in [-0.2, -0.15) is 13.2 Å². The highest BCUT2D eigenvalue weighted by atomic mass is 19.4. The van der Waals surface area contributed by atoms with Gasteiger partial charge in [0.05, 0.1) is 5.56 Å². The molecule has 1 aliphatic rings. The molecule has 0 saturated heterocycles. The molecule has 0 spiro atoms. The number of hydrogen-bond acceptors (Lipinski definition) is 0. The minimum atomic E-state index is -5.27. The van der Waals surface area contributed by atoms with Crippen molar-refractivity contribution >= 4 is 0 Å². The highest BCUT2D eigenvalue weighted by molar-refractivity contribution is 5.78. The summed E-state index contributed by atoms with van der Waals surface area (Å²) in [6, 6.07) is 7.52. The Balaban J connectivity index is 1.77. The van der Waals surface area contributed by atoms with E-state index in [-0.39, 0.29) is 12.0 Å². The van der Waals surface area contributed by atoms with Crippen LogP contribution in [0.25, 0.3) is 22.3 Å². The van der Waals surface area contributed by atoms with E-state index in [0.717, 1.165) is 42.9 Å². The van der Waals surface area contributed by atoms with Crippen LogP contribution in [-0.2, 0) is 25.4 Å². The van der Waals surface area contributed by atoms with Crippen LogP contribution >= 0.6 is 0 Å². The summed E-state index contributed by atoms with van der Waals surface area (Å²) < 4.78 is 97.0. The lowest BCUT2D eigenvalue weighted by Crippen LogP contribution is -2.12. The number of hydrogen-bond donors (Lipinski definition) is 0. The molecule has 0 atom stereocenters. The van der Waals surface area contributed by atoms with Crippen LogP contribution in [-0.4, -0.2) is 0 Å². The average molecular weight is 466 g/mol. The number of unbranched alkanes of at least 4 members (excludes halogenated alkanes) is 2. The molecule has 0 amide bonds. The molecular weight excluding hydrogens is 445 g/mol. The first kappa shape index (κ1) is 23.3. The molecule has 174 valence electrons. The molecule has 0 unspecified atom stereocenters. The van der Waals surface area contributed by atoms with Crippen LogP contribution in [0, 0.1) is 23.3 Å². The summed E-state index contributed by atoms with van der Waals surface area (Å²) in [5.74, 6) is -5.95. The average Bonchev–Trinajstić information content (AvgIpc) is 2.72. The van der Waals surface area contributed by atoms with E-state index in [2.05, 4.69) is 6.92 Å². The van der Waals surface area contributed by atoms with Crippen LogP contribution in [0.3, 0.4) is 0 Å². The summed E-state index contributed by atoms with van der Waals surface area (Å²) >= 11 is 0. The molecule has 0 bridgehead atoms. The van der Waals surface area contributed by atoms with Gasteiger partial charge in [0.1, 0.15) is 28.8 Å². The van der Waals surface area contributed by atoms with Crippen LogP contribution < -0.4 is 0 Å². The normalized spacial score (nSPS) is 13.1. The van der Waals surface area contributed by atoms with Crippen molar-refractivity contribution in [1.29, 1.82) is 0 Å². The molecule has 0 aliphatic heterocycles. The molecule has 1 aliphatic carbocycles. The third kappa shape index (κ3) is 4.37. The SMILES string of the molecule is CCCCCc1ccc2c(c1)CCc1c-2cc(F)c(-c2cc(F)c(C(F)(F)F)c(F)c2)c1F. The van der Waals surface area contributed by atoms with E-state index in [1.807, 2.05) is 18.2 Å². The van der Waals surface area contributed by atoms with E-state index in [0.29, 0.717) is 29.7 Å². The maximum Gasteiger partial charge on any atom is 0.422 e. The van der Waals surface area contributed by atoms with Gasteiger partial charge in [-0.05, 0) is 77.3 Å². The van der Waals surface area contributed by atoms with E-state index in [9.17, 15) is 26.3 Å². The number of fused-ring (bicyclic) bond motifs is 3. The fourth-order valence-electron chi connectivity index (χ4n) is 4.51. The minimum Gasteiger partial charge on any atom is -0.206 e. The van der Waals surface area contributed by atoms with E-state index in [1.54, 1.807) is 0 Å². The van der Waals surface area contributed by atoms with Gasteiger partial charge in [-0.25, -0.2) is 17.6 Å². The molecule has 0 aromatic heterocycles. The predicted octanol–water partition coefficient (Wildman–Crippen LogP) is 8.43. The highest BCUT2D eigenvalue weighted by Gasteiger charge is 2.38. The van der Waals surface area contributed by atoms with Gasteiger partial charge >= 0.3 is 6.18 Å². The third-order valence-electron chi connectivity index (χ3n) is 6.11. The second-order valence-corrected chi connectivity index (χ2v) is 8.33. The van der Waals surface area contributed by atoms with Gasteiger partial charge in [0, 0.05) is 0 Å². The summed E-state index contributed by atoms with van der Waals surface area (Å²) in [7, 11) is 0. The summed E-state index contributed by atoms with van der Waals surface area (Å²) in [6.45, 7) is 2.12. The zero-order valence-corrected chi connectivity index (χ0v) is 17.9. The Labute approximate surface area is 187 Å². The maximum atomic E-state index is 15.4.